The Hall–Kier alpha value is -3.97. The first-order valence-electron chi connectivity index (χ1n) is 11.4. The largest absolute Gasteiger partial charge is 0.340 e. The number of carbonyl (C=O) groups is 1. The van der Waals surface area contributed by atoms with Crippen molar-refractivity contribution in [2.45, 2.75) is 30.3 Å². The summed E-state index contributed by atoms with van der Waals surface area (Å²) in [6.07, 6.45) is 2.33. The molecule has 1 N–H and O–H groups in total. The number of hydrogen-bond acceptors (Lipinski definition) is 4. The van der Waals surface area contributed by atoms with Crippen molar-refractivity contribution < 1.29 is 13.2 Å². The second-order valence-electron chi connectivity index (χ2n) is 8.58. The molecule has 0 aliphatic carbocycles. The topological polar surface area (TPSA) is 79.4 Å². The number of sulfonamides is 1. The fraction of sp³-hybridized carbons (Fsp3) is 0.143. The van der Waals surface area contributed by atoms with Gasteiger partial charge in [-0.3, -0.25) is 14.1 Å². The lowest BCUT2D eigenvalue weighted by Gasteiger charge is -2.25. The molecule has 176 valence electrons. The molecular formula is C28H25N3O3S. The average molecular weight is 484 g/mol. The molecule has 5 rings (SSSR count). The molecule has 1 aromatic heterocycles. The lowest BCUT2D eigenvalue weighted by molar-refractivity contribution is 0.0942. The van der Waals surface area contributed by atoms with Crippen LogP contribution in [0.2, 0.25) is 0 Å². The predicted octanol–water partition coefficient (Wildman–Crippen LogP) is 4.74. The molecule has 2 heterocycles. The standard InChI is InChI=1S/C28H25N3O3S/c1-20-18-22-12-5-6-16-26(22)31(20)35(33,34)24-14-9-13-23(19-24)28(32)30-27(21-10-3-2-4-11-21)25-15-7-8-17-29-25/h2-17,19-20,27H,18H2,1H3,(H,30,32). The molecule has 2 atom stereocenters. The summed E-state index contributed by atoms with van der Waals surface area (Å²) in [4.78, 5) is 17.8. The zero-order valence-electron chi connectivity index (χ0n) is 19.2. The lowest BCUT2D eigenvalue weighted by Crippen LogP contribution is -2.36. The third-order valence-corrected chi connectivity index (χ3v) is 8.11. The first-order chi connectivity index (χ1) is 16.9. The molecule has 0 saturated carbocycles. The lowest BCUT2D eigenvalue weighted by atomic mass is 10.0. The number of fused-ring (bicyclic) bond motifs is 1. The van der Waals surface area contributed by atoms with E-state index >= 15 is 0 Å². The van der Waals surface area contributed by atoms with Crippen LogP contribution in [-0.2, 0) is 16.4 Å². The number of pyridine rings is 1. The fourth-order valence-electron chi connectivity index (χ4n) is 4.55. The first-order valence-corrected chi connectivity index (χ1v) is 12.9. The van der Waals surface area contributed by atoms with Gasteiger partial charge in [0.2, 0.25) is 0 Å². The normalized spacial score (nSPS) is 15.9. The van der Waals surface area contributed by atoms with Gasteiger partial charge in [0.05, 0.1) is 22.3 Å². The number of para-hydroxylation sites is 1. The Kier molecular flexibility index (Phi) is 6.09. The Morgan fingerprint density at radius 2 is 1.69 bits per heavy atom. The van der Waals surface area contributed by atoms with Gasteiger partial charge in [-0.25, -0.2) is 8.42 Å². The van der Waals surface area contributed by atoms with Crippen molar-refractivity contribution in [3.63, 3.8) is 0 Å². The number of nitrogens with one attached hydrogen (secondary N) is 1. The molecule has 0 fully saturated rings. The van der Waals surface area contributed by atoms with E-state index in [2.05, 4.69) is 10.3 Å². The molecule has 1 amide bonds. The van der Waals surface area contributed by atoms with Crippen LogP contribution < -0.4 is 9.62 Å². The molecule has 0 spiro atoms. The molecule has 4 aromatic rings. The predicted molar refractivity (Wildman–Crippen MR) is 136 cm³/mol. The van der Waals surface area contributed by atoms with Crippen LogP contribution in [0.25, 0.3) is 0 Å². The van der Waals surface area contributed by atoms with E-state index in [0.717, 1.165) is 11.1 Å². The summed E-state index contributed by atoms with van der Waals surface area (Å²) in [5.74, 6) is -0.378. The molecule has 1 aliphatic rings. The number of rotatable bonds is 6. The molecule has 7 heteroatoms. The summed E-state index contributed by atoms with van der Waals surface area (Å²) in [6.45, 7) is 1.89. The maximum absolute atomic E-state index is 13.6. The fourth-order valence-corrected chi connectivity index (χ4v) is 6.29. The molecule has 0 bridgehead atoms. The van der Waals surface area contributed by atoms with Crippen molar-refractivity contribution in [1.82, 2.24) is 10.3 Å². The van der Waals surface area contributed by atoms with E-state index < -0.39 is 16.1 Å². The van der Waals surface area contributed by atoms with Crippen molar-refractivity contribution in [3.05, 3.63) is 126 Å². The number of benzene rings is 3. The maximum atomic E-state index is 13.6. The average Bonchev–Trinajstić information content (AvgIpc) is 3.24. The SMILES string of the molecule is CC1Cc2ccccc2N1S(=O)(=O)c1cccc(C(=O)NC(c2ccccc2)c2ccccn2)c1. The van der Waals surface area contributed by atoms with Crippen LogP contribution in [0, 0.1) is 0 Å². The highest BCUT2D eigenvalue weighted by atomic mass is 32.2. The minimum atomic E-state index is -3.85. The number of amides is 1. The van der Waals surface area contributed by atoms with Gasteiger partial charge in [-0.05, 0) is 60.9 Å². The van der Waals surface area contributed by atoms with Crippen LogP contribution in [-0.4, -0.2) is 25.4 Å². The van der Waals surface area contributed by atoms with E-state index in [4.69, 9.17) is 0 Å². The van der Waals surface area contributed by atoms with Crippen molar-refractivity contribution in [2.24, 2.45) is 0 Å². The summed E-state index contributed by atoms with van der Waals surface area (Å²) in [7, 11) is -3.85. The van der Waals surface area contributed by atoms with Gasteiger partial charge in [-0.15, -0.1) is 0 Å². The van der Waals surface area contributed by atoms with Crippen molar-refractivity contribution >= 4 is 21.6 Å². The van der Waals surface area contributed by atoms with Crippen molar-refractivity contribution in [2.75, 3.05) is 4.31 Å². The summed E-state index contributed by atoms with van der Waals surface area (Å²) in [5, 5.41) is 3.03. The van der Waals surface area contributed by atoms with Crippen LogP contribution in [0.1, 0.15) is 40.1 Å². The van der Waals surface area contributed by atoms with Gasteiger partial charge in [0.25, 0.3) is 15.9 Å². The van der Waals surface area contributed by atoms with Gasteiger partial charge in [-0.2, -0.15) is 0 Å². The van der Waals surface area contributed by atoms with Crippen LogP contribution >= 0.6 is 0 Å². The Labute approximate surface area is 205 Å². The monoisotopic (exact) mass is 483 g/mol. The second-order valence-corrected chi connectivity index (χ2v) is 10.4. The third-order valence-electron chi connectivity index (χ3n) is 6.19. The highest BCUT2D eigenvalue weighted by Gasteiger charge is 2.36. The summed E-state index contributed by atoms with van der Waals surface area (Å²) >= 11 is 0. The molecule has 6 nitrogen and oxygen atoms in total. The minimum Gasteiger partial charge on any atom is -0.340 e. The zero-order chi connectivity index (χ0) is 24.4. The van der Waals surface area contributed by atoms with E-state index in [9.17, 15) is 13.2 Å². The van der Waals surface area contributed by atoms with Crippen molar-refractivity contribution in [3.8, 4) is 0 Å². The van der Waals surface area contributed by atoms with Gasteiger partial charge in [0, 0.05) is 17.8 Å². The van der Waals surface area contributed by atoms with Crippen molar-refractivity contribution in [1.29, 1.82) is 0 Å². The number of anilines is 1. The molecule has 0 saturated heterocycles. The highest BCUT2D eigenvalue weighted by Crippen LogP contribution is 2.36. The number of nitrogens with zero attached hydrogens (tertiary/aromatic N) is 2. The molecule has 0 radical (unpaired) electrons. The summed E-state index contributed by atoms with van der Waals surface area (Å²) < 4.78 is 28.7. The van der Waals surface area contributed by atoms with Gasteiger partial charge < -0.3 is 5.32 Å². The van der Waals surface area contributed by atoms with Gasteiger partial charge in [0.1, 0.15) is 0 Å². The number of carbonyl (C=O) groups excluding carboxylic acids is 1. The Balaban J connectivity index is 1.46. The second kappa shape index (κ2) is 9.35. The number of hydrogen-bond donors (Lipinski definition) is 1. The van der Waals surface area contributed by atoms with E-state index in [1.165, 1.54) is 16.4 Å². The Morgan fingerprint density at radius 3 is 2.46 bits per heavy atom. The van der Waals surface area contributed by atoms with Crippen LogP contribution in [0.5, 0.6) is 0 Å². The Morgan fingerprint density at radius 1 is 0.943 bits per heavy atom. The minimum absolute atomic E-state index is 0.0859. The summed E-state index contributed by atoms with van der Waals surface area (Å²) in [5.41, 5.74) is 3.53. The van der Waals surface area contributed by atoms with E-state index in [1.807, 2.05) is 79.7 Å². The molecular weight excluding hydrogens is 458 g/mol. The summed E-state index contributed by atoms with van der Waals surface area (Å²) in [6, 6.07) is 28.1. The van der Waals surface area contributed by atoms with Gasteiger partial charge in [-0.1, -0.05) is 60.7 Å². The van der Waals surface area contributed by atoms with Crippen LogP contribution in [0.15, 0.2) is 108 Å². The highest BCUT2D eigenvalue weighted by molar-refractivity contribution is 7.92. The third kappa shape index (κ3) is 4.42. The quantitative estimate of drug-likeness (QED) is 0.430. The first kappa shape index (κ1) is 22.8. The van der Waals surface area contributed by atoms with Gasteiger partial charge in [0.15, 0.2) is 0 Å². The molecule has 35 heavy (non-hydrogen) atoms. The maximum Gasteiger partial charge on any atom is 0.264 e. The van der Waals surface area contributed by atoms with E-state index in [0.29, 0.717) is 17.8 Å². The van der Waals surface area contributed by atoms with E-state index in [-0.39, 0.29) is 22.4 Å². The number of aromatic nitrogens is 1. The molecule has 3 aromatic carbocycles. The van der Waals surface area contributed by atoms with E-state index in [1.54, 1.807) is 18.3 Å². The smallest absolute Gasteiger partial charge is 0.264 e. The zero-order valence-corrected chi connectivity index (χ0v) is 20.0. The van der Waals surface area contributed by atoms with Gasteiger partial charge >= 0.3 is 0 Å². The molecule has 2 unspecified atom stereocenters. The van der Waals surface area contributed by atoms with Crippen LogP contribution in [0.3, 0.4) is 0 Å². The van der Waals surface area contributed by atoms with Crippen LogP contribution in [0.4, 0.5) is 5.69 Å². The Bertz CT molecular complexity index is 1420. The molecule has 1 aliphatic heterocycles.